The number of hydrogen-bond donors (Lipinski definition) is 1. The number of thiophene rings is 1. The van der Waals surface area contributed by atoms with Crippen molar-refractivity contribution in [3.63, 3.8) is 0 Å². The van der Waals surface area contributed by atoms with E-state index in [9.17, 15) is 10.1 Å². The largest absolute Gasteiger partial charge is 0.302 e. The molecule has 0 bridgehead atoms. The number of rotatable bonds is 5. The summed E-state index contributed by atoms with van der Waals surface area (Å²) in [6, 6.07) is 14.2. The lowest BCUT2D eigenvalue weighted by Crippen LogP contribution is -2.28. The van der Waals surface area contributed by atoms with Crippen LogP contribution >= 0.6 is 34.4 Å². The summed E-state index contributed by atoms with van der Waals surface area (Å²) in [6.45, 7) is 1.70. The van der Waals surface area contributed by atoms with Crippen LogP contribution in [0.2, 0.25) is 0 Å². The summed E-state index contributed by atoms with van der Waals surface area (Å²) in [7, 11) is 2.09. The van der Waals surface area contributed by atoms with Gasteiger partial charge in [0, 0.05) is 35.6 Å². The highest BCUT2D eigenvalue weighted by Gasteiger charge is 2.25. The Morgan fingerprint density at radius 1 is 1.28 bits per heavy atom. The molecule has 32 heavy (non-hydrogen) atoms. The molecule has 0 unspecified atom stereocenters. The molecule has 0 fully saturated rings. The second kappa shape index (κ2) is 9.00. The number of likely N-dealkylation sites (N-methyl/N-ethyl adjacent to an activating group) is 1. The van der Waals surface area contributed by atoms with Crippen molar-refractivity contribution in [1.29, 1.82) is 5.26 Å². The fourth-order valence-corrected chi connectivity index (χ4v) is 6.28. The number of anilines is 1. The van der Waals surface area contributed by atoms with Crippen LogP contribution in [0.25, 0.3) is 20.7 Å². The summed E-state index contributed by atoms with van der Waals surface area (Å²) in [5.41, 5.74) is 4.54. The van der Waals surface area contributed by atoms with Gasteiger partial charge in [0.15, 0.2) is 5.13 Å². The van der Waals surface area contributed by atoms with Crippen molar-refractivity contribution in [2.75, 3.05) is 24.7 Å². The topological polar surface area (TPSA) is 81.9 Å². The minimum atomic E-state index is -0.158. The van der Waals surface area contributed by atoms with Gasteiger partial charge in [-0.2, -0.15) is 5.26 Å². The van der Waals surface area contributed by atoms with Crippen LogP contribution in [0.15, 0.2) is 46.8 Å². The summed E-state index contributed by atoms with van der Waals surface area (Å²) in [6.07, 6.45) is 0.835. The molecule has 0 saturated carbocycles. The first kappa shape index (κ1) is 21.1. The van der Waals surface area contributed by atoms with Gasteiger partial charge >= 0.3 is 0 Å². The molecule has 1 aliphatic heterocycles. The lowest BCUT2D eigenvalue weighted by atomic mass is 9.96. The molecule has 0 saturated heterocycles. The molecule has 1 N–H and O–H groups in total. The van der Waals surface area contributed by atoms with Crippen molar-refractivity contribution in [2.24, 2.45) is 0 Å². The van der Waals surface area contributed by atoms with E-state index in [1.165, 1.54) is 23.1 Å². The third-order valence-corrected chi connectivity index (χ3v) is 8.08. The van der Waals surface area contributed by atoms with E-state index in [-0.39, 0.29) is 11.7 Å². The van der Waals surface area contributed by atoms with Crippen molar-refractivity contribution < 1.29 is 4.79 Å². The molecule has 3 aromatic heterocycles. The monoisotopic (exact) mass is 477 g/mol. The molecule has 160 valence electrons. The number of nitrogens with one attached hydrogen (secondary N) is 1. The molecule has 0 spiro atoms. The van der Waals surface area contributed by atoms with Gasteiger partial charge in [-0.1, -0.05) is 41.3 Å². The minimum Gasteiger partial charge on any atom is -0.302 e. The van der Waals surface area contributed by atoms with E-state index in [1.54, 1.807) is 11.3 Å². The second-order valence-corrected chi connectivity index (χ2v) is 10.4. The van der Waals surface area contributed by atoms with Crippen LogP contribution in [-0.4, -0.2) is 40.1 Å². The fourth-order valence-electron chi connectivity index (χ4n) is 3.79. The zero-order valence-corrected chi connectivity index (χ0v) is 19.7. The third kappa shape index (κ3) is 4.14. The zero-order chi connectivity index (χ0) is 22.1. The van der Waals surface area contributed by atoms with E-state index < -0.39 is 0 Å². The lowest BCUT2D eigenvalue weighted by molar-refractivity contribution is -0.113. The number of carbonyl (C=O) groups excluding carboxylic acids is 1. The molecule has 1 aliphatic rings. The number of carbonyl (C=O) groups is 1. The number of para-hydroxylation sites is 1. The first-order chi connectivity index (χ1) is 15.6. The van der Waals surface area contributed by atoms with Gasteiger partial charge in [-0.15, -0.1) is 11.3 Å². The molecule has 4 aromatic rings. The maximum Gasteiger partial charge on any atom is 0.236 e. The molecular formula is C23H19N5OS3. The number of aromatic nitrogens is 2. The number of thiazole rings is 1. The van der Waals surface area contributed by atoms with Crippen LogP contribution in [0.4, 0.5) is 5.13 Å². The molecule has 9 heteroatoms. The number of fused-ring (bicyclic) bond motifs is 2. The maximum absolute atomic E-state index is 12.6. The van der Waals surface area contributed by atoms with E-state index in [0.717, 1.165) is 51.4 Å². The number of amides is 1. The molecule has 5 rings (SSSR count). The highest BCUT2D eigenvalue weighted by Crippen LogP contribution is 2.39. The summed E-state index contributed by atoms with van der Waals surface area (Å²) in [5.74, 6) is 0.00932. The molecule has 4 heterocycles. The van der Waals surface area contributed by atoms with Gasteiger partial charge in [0.2, 0.25) is 5.91 Å². The summed E-state index contributed by atoms with van der Waals surface area (Å²) in [4.78, 5) is 25.2. The number of nitriles is 1. The Balaban J connectivity index is 1.41. The number of hydrogen-bond acceptors (Lipinski definition) is 8. The van der Waals surface area contributed by atoms with Gasteiger partial charge in [0.05, 0.1) is 21.5 Å². The Hall–Kier alpha value is -2.77. The molecule has 1 aromatic carbocycles. The smallest absolute Gasteiger partial charge is 0.236 e. The van der Waals surface area contributed by atoms with Crippen molar-refractivity contribution in [2.45, 2.75) is 18.0 Å². The van der Waals surface area contributed by atoms with Gasteiger partial charge in [0.25, 0.3) is 0 Å². The molecule has 0 atom stereocenters. The number of pyridine rings is 1. The Kier molecular flexibility index (Phi) is 5.93. The predicted octanol–water partition coefficient (Wildman–Crippen LogP) is 5.01. The Morgan fingerprint density at radius 3 is 2.94 bits per heavy atom. The van der Waals surface area contributed by atoms with Crippen LogP contribution in [0.3, 0.4) is 0 Å². The van der Waals surface area contributed by atoms with E-state index >= 15 is 0 Å². The molecule has 6 nitrogen and oxygen atoms in total. The van der Waals surface area contributed by atoms with Gasteiger partial charge in [-0.3, -0.25) is 4.79 Å². The van der Waals surface area contributed by atoms with Gasteiger partial charge in [0.1, 0.15) is 11.1 Å². The van der Waals surface area contributed by atoms with Gasteiger partial charge in [-0.05, 0) is 36.2 Å². The number of nitrogens with zero attached hydrogens (tertiary/aromatic N) is 4. The average molecular weight is 478 g/mol. The quantitative estimate of drug-likeness (QED) is 0.407. The van der Waals surface area contributed by atoms with Crippen molar-refractivity contribution in [3.05, 3.63) is 58.6 Å². The van der Waals surface area contributed by atoms with Crippen LogP contribution in [0.5, 0.6) is 0 Å². The van der Waals surface area contributed by atoms with Gasteiger partial charge in [-0.25, -0.2) is 9.97 Å². The van der Waals surface area contributed by atoms with Crippen LogP contribution in [-0.2, 0) is 17.8 Å². The van der Waals surface area contributed by atoms with Crippen LogP contribution < -0.4 is 5.32 Å². The number of thioether (sulfide) groups is 1. The minimum absolute atomic E-state index is 0.158. The average Bonchev–Trinajstić information content (AvgIpc) is 3.46. The zero-order valence-electron chi connectivity index (χ0n) is 17.3. The summed E-state index contributed by atoms with van der Waals surface area (Å²) < 4.78 is 1.03. The maximum atomic E-state index is 12.6. The van der Waals surface area contributed by atoms with E-state index in [1.807, 2.05) is 41.8 Å². The summed E-state index contributed by atoms with van der Waals surface area (Å²) >= 11 is 4.39. The van der Waals surface area contributed by atoms with Crippen molar-refractivity contribution in [1.82, 2.24) is 14.9 Å². The van der Waals surface area contributed by atoms with Crippen LogP contribution in [0, 0.1) is 11.3 Å². The van der Waals surface area contributed by atoms with Crippen LogP contribution in [0.1, 0.15) is 16.8 Å². The molecular weight excluding hydrogens is 458 g/mol. The van der Waals surface area contributed by atoms with Crippen molar-refractivity contribution in [3.8, 4) is 16.5 Å². The summed E-state index contributed by atoms with van der Waals surface area (Å²) in [5, 5.41) is 16.1. The second-order valence-electron chi connectivity index (χ2n) is 7.49. The first-order valence-electron chi connectivity index (χ1n) is 10.1. The van der Waals surface area contributed by atoms with Gasteiger partial charge < -0.3 is 10.2 Å². The first-order valence-corrected chi connectivity index (χ1v) is 12.8. The lowest BCUT2D eigenvalue weighted by Gasteiger charge is -2.27. The standard InChI is InChI=1S/C23H19N5OS3/c1-28-9-8-16-15(12-28)21(19-7-4-10-30-19)14(11-24)22(25-16)31-13-20(29)27-23-26-17-5-2-3-6-18(17)32-23/h2-7,10H,8-9,12-13H2,1H3,(H,26,27,29). The predicted molar refractivity (Wildman–Crippen MR) is 131 cm³/mol. The van der Waals surface area contributed by atoms with E-state index in [0.29, 0.717) is 15.7 Å². The third-order valence-electron chi connectivity index (χ3n) is 5.27. The van der Waals surface area contributed by atoms with Crippen molar-refractivity contribution >= 4 is 55.7 Å². The fraction of sp³-hybridized carbons (Fsp3) is 0.217. The SMILES string of the molecule is CN1CCc2nc(SCC(=O)Nc3nc4ccccc4s3)c(C#N)c(-c3cccs3)c2C1. The normalized spacial score (nSPS) is 13.6. The molecule has 0 radical (unpaired) electrons. The Labute approximate surface area is 197 Å². The highest BCUT2D eigenvalue weighted by molar-refractivity contribution is 8.00. The van der Waals surface area contributed by atoms with E-state index in [2.05, 4.69) is 28.3 Å². The number of benzene rings is 1. The van der Waals surface area contributed by atoms with E-state index in [4.69, 9.17) is 4.98 Å². The Morgan fingerprint density at radius 2 is 2.16 bits per heavy atom. The Bertz CT molecular complexity index is 1310. The molecule has 0 aliphatic carbocycles. The molecule has 1 amide bonds. The highest BCUT2D eigenvalue weighted by atomic mass is 32.2.